The summed E-state index contributed by atoms with van der Waals surface area (Å²) in [5, 5.41) is 15.1. The number of methoxy groups -OCH3 is 1. The number of halogens is 1. The van der Waals surface area contributed by atoms with Gasteiger partial charge in [-0.05, 0) is 44.0 Å². The largest absolute Gasteiger partial charge is 0.495 e. The van der Waals surface area contributed by atoms with Crippen LogP contribution in [0.15, 0.2) is 36.5 Å². The van der Waals surface area contributed by atoms with Gasteiger partial charge in [0, 0.05) is 16.8 Å². The van der Waals surface area contributed by atoms with E-state index in [2.05, 4.69) is 38.8 Å². The van der Waals surface area contributed by atoms with Crippen LogP contribution in [0.4, 0.5) is 23.1 Å². The van der Waals surface area contributed by atoms with Gasteiger partial charge in [-0.2, -0.15) is 10.1 Å². The van der Waals surface area contributed by atoms with Gasteiger partial charge in [0.15, 0.2) is 5.82 Å². The summed E-state index contributed by atoms with van der Waals surface area (Å²) in [7, 11) is 1.59. The van der Waals surface area contributed by atoms with Gasteiger partial charge in [-0.25, -0.2) is 0 Å². The van der Waals surface area contributed by atoms with Crippen molar-refractivity contribution in [2.45, 2.75) is 20.8 Å². The van der Waals surface area contributed by atoms with Gasteiger partial charge in [0.25, 0.3) is 0 Å². The predicted molar refractivity (Wildman–Crippen MR) is 105 cm³/mol. The van der Waals surface area contributed by atoms with E-state index in [1.165, 1.54) is 5.56 Å². The fourth-order valence-corrected chi connectivity index (χ4v) is 2.71. The molecule has 0 radical (unpaired) electrons. The fourth-order valence-electron chi connectivity index (χ4n) is 2.56. The van der Waals surface area contributed by atoms with Crippen LogP contribution in [0.1, 0.15) is 16.7 Å². The molecular weight excluding hydrogens is 350 g/mol. The second-order valence-corrected chi connectivity index (χ2v) is 6.44. The van der Waals surface area contributed by atoms with Crippen LogP contribution in [0.25, 0.3) is 0 Å². The minimum atomic E-state index is 0.361. The summed E-state index contributed by atoms with van der Waals surface area (Å²) in [4.78, 5) is 4.47. The molecule has 3 rings (SSSR count). The van der Waals surface area contributed by atoms with E-state index >= 15 is 0 Å². The molecule has 26 heavy (non-hydrogen) atoms. The van der Waals surface area contributed by atoms with Crippen molar-refractivity contribution in [3.63, 3.8) is 0 Å². The topological polar surface area (TPSA) is 72.0 Å². The first-order chi connectivity index (χ1) is 12.5. The molecule has 0 amide bonds. The van der Waals surface area contributed by atoms with Crippen LogP contribution in [0.5, 0.6) is 5.75 Å². The molecule has 6 nitrogen and oxygen atoms in total. The molecule has 134 valence electrons. The van der Waals surface area contributed by atoms with E-state index in [1.54, 1.807) is 19.4 Å². The summed E-state index contributed by atoms with van der Waals surface area (Å²) in [6.07, 6.45) is 1.58. The molecule has 0 bridgehead atoms. The Labute approximate surface area is 157 Å². The van der Waals surface area contributed by atoms with Gasteiger partial charge in [0.2, 0.25) is 5.95 Å². The summed E-state index contributed by atoms with van der Waals surface area (Å²) in [6.45, 7) is 6.03. The minimum Gasteiger partial charge on any atom is -0.495 e. The first-order valence-corrected chi connectivity index (χ1v) is 8.49. The molecule has 0 fully saturated rings. The highest BCUT2D eigenvalue weighted by atomic mass is 35.5. The number of aryl methyl sites for hydroxylation is 3. The number of nitrogens with one attached hydrogen (secondary N) is 2. The second-order valence-electron chi connectivity index (χ2n) is 6.04. The summed E-state index contributed by atoms with van der Waals surface area (Å²) in [6, 6.07) is 9.81. The van der Waals surface area contributed by atoms with Crippen LogP contribution in [-0.4, -0.2) is 22.3 Å². The van der Waals surface area contributed by atoms with Crippen molar-refractivity contribution >= 4 is 34.7 Å². The summed E-state index contributed by atoms with van der Waals surface area (Å²) in [5.41, 5.74) is 4.96. The molecule has 0 saturated heterocycles. The van der Waals surface area contributed by atoms with E-state index in [0.717, 1.165) is 22.5 Å². The standard InChI is InChI=1S/C19H20ClN5O/c1-11-5-6-15(13(3)7-11)22-18-10-21-25-19(24-18)23-16-8-12(2)14(20)9-17(16)26-4/h5-10H,1-4H3,(H2,22,23,24,25). The van der Waals surface area contributed by atoms with E-state index < -0.39 is 0 Å². The third kappa shape index (κ3) is 4.03. The molecule has 0 spiro atoms. The lowest BCUT2D eigenvalue weighted by Gasteiger charge is -2.13. The molecule has 1 heterocycles. The van der Waals surface area contributed by atoms with Crippen LogP contribution in [-0.2, 0) is 0 Å². The molecule has 2 aromatic carbocycles. The molecule has 0 aliphatic carbocycles. The zero-order chi connectivity index (χ0) is 18.7. The Kier molecular flexibility index (Phi) is 5.23. The SMILES string of the molecule is COc1cc(Cl)c(C)cc1Nc1nncc(Nc2ccc(C)cc2C)n1. The lowest BCUT2D eigenvalue weighted by molar-refractivity contribution is 0.416. The van der Waals surface area contributed by atoms with E-state index in [9.17, 15) is 0 Å². The van der Waals surface area contributed by atoms with E-state index in [0.29, 0.717) is 22.5 Å². The number of anilines is 4. The minimum absolute atomic E-state index is 0.361. The number of ether oxygens (including phenoxy) is 1. The first-order valence-electron chi connectivity index (χ1n) is 8.11. The van der Waals surface area contributed by atoms with Crippen molar-refractivity contribution in [3.05, 3.63) is 58.2 Å². The zero-order valence-corrected chi connectivity index (χ0v) is 15.8. The maximum Gasteiger partial charge on any atom is 0.249 e. The van der Waals surface area contributed by atoms with Crippen molar-refractivity contribution in [2.24, 2.45) is 0 Å². The number of aromatic nitrogens is 3. The van der Waals surface area contributed by atoms with Gasteiger partial charge in [-0.1, -0.05) is 29.3 Å². The molecule has 7 heteroatoms. The monoisotopic (exact) mass is 369 g/mol. The molecule has 0 saturated carbocycles. The smallest absolute Gasteiger partial charge is 0.249 e. The highest BCUT2D eigenvalue weighted by Gasteiger charge is 2.10. The van der Waals surface area contributed by atoms with Crippen molar-refractivity contribution < 1.29 is 4.74 Å². The predicted octanol–water partition coefficient (Wildman–Crippen LogP) is 4.95. The molecule has 0 aliphatic rings. The zero-order valence-electron chi connectivity index (χ0n) is 15.1. The quantitative estimate of drug-likeness (QED) is 0.663. The van der Waals surface area contributed by atoms with E-state index in [-0.39, 0.29) is 0 Å². The molecular formula is C19H20ClN5O. The van der Waals surface area contributed by atoms with Gasteiger partial charge in [0.05, 0.1) is 19.0 Å². The van der Waals surface area contributed by atoms with Gasteiger partial charge >= 0.3 is 0 Å². The van der Waals surface area contributed by atoms with Gasteiger partial charge in [0.1, 0.15) is 5.75 Å². The molecule has 0 atom stereocenters. The Morgan fingerprint density at radius 2 is 1.77 bits per heavy atom. The highest BCUT2D eigenvalue weighted by molar-refractivity contribution is 6.31. The first kappa shape index (κ1) is 17.9. The highest BCUT2D eigenvalue weighted by Crippen LogP contribution is 2.32. The number of benzene rings is 2. The Morgan fingerprint density at radius 1 is 0.962 bits per heavy atom. The molecule has 0 aliphatic heterocycles. The van der Waals surface area contributed by atoms with Crippen LogP contribution in [0.3, 0.4) is 0 Å². The average Bonchev–Trinajstić information content (AvgIpc) is 2.61. The van der Waals surface area contributed by atoms with Gasteiger partial charge in [-0.15, -0.1) is 5.10 Å². The maximum atomic E-state index is 6.15. The van der Waals surface area contributed by atoms with Crippen molar-refractivity contribution in [1.29, 1.82) is 0 Å². The van der Waals surface area contributed by atoms with Crippen LogP contribution in [0, 0.1) is 20.8 Å². The average molecular weight is 370 g/mol. The summed E-state index contributed by atoms with van der Waals surface area (Å²) < 4.78 is 5.37. The van der Waals surface area contributed by atoms with Gasteiger partial charge in [-0.3, -0.25) is 0 Å². The molecule has 2 N–H and O–H groups in total. The second kappa shape index (κ2) is 7.58. The van der Waals surface area contributed by atoms with E-state index in [1.807, 2.05) is 32.0 Å². The van der Waals surface area contributed by atoms with Crippen LogP contribution >= 0.6 is 11.6 Å². The third-order valence-electron chi connectivity index (χ3n) is 3.93. The van der Waals surface area contributed by atoms with Crippen molar-refractivity contribution in [3.8, 4) is 5.75 Å². The molecule has 0 unspecified atom stereocenters. The Balaban J connectivity index is 1.85. The summed E-state index contributed by atoms with van der Waals surface area (Å²) >= 11 is 6.15. The molecule has 1 aromatic heterocycles. The summed E-state index contributed by atoms with van der Waals surface area (Å²) in [5.74, 6) is 1.57. The number of hydrogen-bond donors (Lipinski definition) is 2. The fraction of sp³-hybridized carbons (Fsp3) is 0.211. The lowest BCUT2D eigenvalue weighted by atomic mass is 10.1. The van der Waals surface area contributed by atoms with Crippen LogP contribution < -0.4 is 15.4 Å². The third-order valence-corrected chi connectivity index (χ3v) is 4.34. The molecule has 3 aromatic rings. The van der Waals surface area contributed by atoms with Gasteiger partial charge < -0.3 is 15.4 Å². The van der Waals surface area contributed by atoms with Crippen molar-refractivity contribution in [1.82, 2.24) is 15.2 Å². The van der Waals surface area contributed by atoms with Crippen molar-refractivity contribution in [2.75, 3.05) is 17.7 Å². The van der Waals surface area contributed by atoms with E-state index in [4.69, 9.17) is 16.3 Å². The number of rotatable bonds is 5. The maximum absolute atomic E-state index is 6.15. The normalized spacial score (nSPS) is 10.5. The Hall–Kier alpha value is -2.86. The van der Waals surface area contributed by atoms with Crippen LogP contribution in [0.2, 0.25) is 5.02 Å². The number of nitrogens with zero attached hydrogens (tertiary/aromatic N) is 3. The Bertz CT molecular complexity index is 945. The number of hydrogen-bond acceptors (Lipinski definition) is 6. The Morgan fingerprint density at radius 3 is 2.50 bits per heavy atom. The lowest BCUT2D eigenvalue weighted by Crippen LogP contribution is -2.04.